The van der Waals surface area contributed by atoms with E-state index in [9.17, 15) is 13.2 Å². The maximum Gasteiger partial charge on any atom is 0.201 e. The molecule has 0 amide bonds. The normalized spacial score (nSPS) is 20.2. The number of halogens is 3. The maximum absolute atomic E-state index is 14.6. The van der Waals surface area contributed by atoms with E-state index in [0.717, 1.165) is 24.8 Å². The molecule has 0 saturated carbocycles. The van der Waals surface area contributed by atoms with Gasteiger partial charge in [-0.3, -0.25) is 0 Å². The monoisotopic (exact) mass is 364 g/mol. The average Bonchev–Trinajstić information content (AvgIpc) is 2.66. The number of hydrogen-bond donors (Lipinski definition) is 0. The Bertz CT molecular complexity index is 768. The number of hydrogen-bond acceptors (Lipinski definition) is 2. The fraction of sp³-hybridized carbons (Fsp3) is 0.429. The second-order valence-corrected chi connectivity index (χ2v) is 6.59. The smallest absolute Gasteiger partial charge is 0.201 e. The minimum absolute atomic E-state index is 0.0236. The highest BCUT2D eigenvalue weighted by Gasteiger charge is 2.24. The molecule has 2 aromatic rings. The molecule has 0 aliphatic carbocycles. The van der Waals surface area contributed by atoms with Gasteiger partial charge in [0.1, 0.15) is 5.82 Å². The first-order chi connectivity index (χ1) is 12.5. The van der Waals surface area contributed by atoms with Gasteiger partial charge in [-0.1, -0.05) is 25.5 Å². The summed E-state index contributed by atoms with van der Waals surface area (Å²) in [6.07, 6.45) is 2.80. The Balaban J connectivity index is 1.85. The number of rotatable bonds is 5. The van der Waals surface area contributed by atoms with Crippen LogP contribution in [0.2, 0.25) is 0 Å². The van der Waals surface area contributed by atoms with Crippen LogP contribution >= 0.6 is 0 Å². The van der Waals surface area contributed by atoms with Crippen molar-refractivity contribution >= 4 is 0 Å². The number of benzene rings is 2. The van der Waals surface area contributed by atoms with Crippen LogP contribution in [0.25, 0.3) is 11.1 Å². The van der Waals surface area contributed by atoms with Gasteiger partial charge in [0.2, 0.25) is 5.82 Å². The Morgan fingerprint density at radius 3 is 2.38 bits per heavy atom. The van der Waals surface area contributed by atoms with Crippen molar-refractivity contribution < 1.29 is 22.6 Å². The van der Waals surface area contributed by atoms with Crippen molar-refractivity contribution in [2.24, 2.45) is 5.92 Å². The zero-order chi connectivity index (χ0) is 18.7. The predicted octanol–water partition coefficient (Wildman–Crippen LogP) is 6.05. The maximum atomic E-state index is 14.6. The molecule has 1 fully saturated rings. The van der Waals surface area contributed by atoms with E-state index in [1.807, 2.05) is 0 Å². The van der Waals surface area contributed by atoms with Crippen LogP contribution in [0.3, 0.4) is 0 Å². The Morgan fingerprint density at radius 2 is 1.77 bits per heavy atom. The molecule has 26 heavy (non-hydrogen) atoms. The molecule has 0 N–H and O–H groups in total. The van der Waals surface area contributed by atoms with E-state index in [1.54, 1.807) is 13.0 Å². The third-order valence-corrected chi connectivity index (χ3v) is 4.95. The average molecular weight is 364 g/mol. The molecule has 2 unspecified atom stereocenters. The first-order valence-electron chi connectivity index (χ1n) is 9.07. The third kappa shape index (κ3) is 3.73. The van der Waals surface area contributed by atoms with Crippen molar-refractivity contribution in [1.82, 2.24) is 0 Å². The lowest BCUT2D eigenvalue weighted by Crippen LogP contribution is -2.20. The van der Waals surface area contributed by atoms with E-state index in [1.165, 1.54) is 24.3 Å². The van der Waals surface area contributed by atoms with Crippen molar-refractivity contribution in [3.05, 3.63) is 53.3 Å². The second kappa shape index (κ2) is 8.12. The van der Waals surface area contributed by atoms with E-state index >= 15 is 0 Å². The largest absolute Gasteiger partial charge is 0.491 e. The highest BCUT2D eigenvalue weighted by Crippen LogP contribution is 2.35. The fourth-order valence-corrected chi connectivity index (χ4v) is 3.35. The molecule has 1 aliphatic heterocycles. The minimum Gasteiger partial charge on any atom is -0.491 e. The van der Waals surface area contributed by atoms with Gasteiger partial charge in [-0.05, 0) is 49.4 Å². The SMILES string of the molecule is CCOc1ccc(-c2ccc(C3CCC(CC)CO3)cc2F)c(F)c1F. The van der Waals surface area contributed by atoms with Crippen molar-refractivity contribution in [1.29, 1.82) is 0 Å². The summed E-state index contributed by atoms with van der Waals surface area (Å²) in [6.45, 7) is 4.70. The van der Waals surface area contributed by atoms with Gasteiger partial charge in [0.25, 0.3) is 0 Å². The summed E-state index contributed by atoms with van der Waals surface area (Å²) in [6, 6.07) is 7.23. The molecular weight excluding hydrogens is 341 g/mol. The van der Waals surface area contributed by atoms with Crippen molar-refractivity contribution in [2.75, 3.05) is 13.2 Å². The summed E-state index contributed by atoms with van der Waals surface area (Å²) in [5.41, 5.74) is 0.633. The van der Waals surface area contributed by atoms with Gasteiger partial charge in [0.05, 0.1) is 19.3 Å². The molecule has 3 rings (SSSR count). The van der Waals surface area contributed by atoms with Gasteiger partial charge in [0, 0.05) is 11.1 Å². The van der Waals surface area contributed by atoms with E-state index in [2.05, 4.69) is 6.92 Å². The summed E-state index contributed by atoms with van der Waals surface area (Å²) in [5, 5.41) is 0. The number of ether oxygens (including phenoxy) is 2. The van der Waals surface area contributed by atoms with Gasteiger partial charge in [-0.2, -0.15) is 4.39 Å². The molecule has 0 spiro atoms. The van der Waals surface area contributed by atoms with Gasteiger partial charge in [-0.15, -0.1) is 0 Å². The third-order valence-electron chi connectivity index (χ3n) is 4.95. The lowest BCUT2D eigenvalue weighted by Gasteiger charge is -2.28. The van der Waals surface area contributed by atoms with E-state index < -0.39 is 17.5 Å². The topological polar surface area (TPSA) is 18.5 Å². The molecule has 1 heterocycles. The summed E-state index contributed by atoms with van der Waals surface area (Å²) in [4.78, 5) is 0. The Labute approximate surface area is 151 Å². The zero-order valence-electron chi connectivity index (χ0n) is 15.0. The molecule has 0 radical (unpaired) electrons. The Morgan fingerprint density at radius 1 is 1.00 bits per heavy atom. The molecule has 1 aliphatic rings. The molecule has 2 aromatic carbocycles. The standard InChI is InChI=1S/C21H23F3O2/c1-3-13-5-9-18(26-12-13)14-6-7-15(17(22)11-14)16-8-10-19(25-4-2)21(24)20(16)23/h6-8,10-11,13,18H,3-5,9,12H2,1-2H3. The van der Waals surface area contributed by atoms with Crippen molar-refractivity contribution in [2.45, 2.75) is 39.2 Å². The molecule has 2 nitrogen and oxygen atoms in total. The Hall–Kier alpha value is -2.01. The molecule has 2 atom stereocenters. The quantitative estimate of drug-likeness (QED) is 0.643. The highest BCUT2D eigenvalue weighted by molar-refractivity contribution is 5.66. The van der Waals surface area contributed by atoms with Crippen LogP contribution in [0.4, 0.5) is 13.2 Å². The fourth-order valence-electron chi connectivity index (χ4n) is 3.35. The molecular formula is C21H23F3O2. The molecule has 5 heteroatoms. The molecule has 140 valence electrons. The van der Waals surface area contributed by atoms with Crippen molar-refractivity contribution in [3.63, 3.8) is 0 Å². The van der Waals surface area contributed by atoms with E-state index in [-0.39, 0.29) is 29.6 Å². The van der Waals surface area contributed by atoms with Crippen LogP contribution in [0.5, 0.6) is 5.75 Å². The van der Waals surface area contributed by atoms with Crippen LogP contribution in [0, 0.1) is 23.4 Å². The van der Waals surface area contributed by atoms with Gasteiger partial charge in [-0.25, -0.2) is 8.78 Å². The van der Waals surface area contributed by atoms with Gasteiger partial charge >= 0.3 is 0 Å². The van der Waals surface area contributed by atoms with Crippen LogP contribution in [0.15, 0.2) is 30.3 Å². The van der Waals surface area contributed by atoms with Gasteiger partial charge < -0.3 is 9.47 Å². The Kier molecular flexibility index (Phi) is 5.87. The van der Waals surface area contributed by atoms with Crippen LogP contribution in [-0.2, 0) is 4.74 Å². The summed E-state index contributed by atoms with van der Waals surface area (Å²) >= 11 is 0. The molecule has 0 aromatic heterocycles. The van der Waals surface area contributed by atoms with Gasteiger partial charge in [0.15, 0.2) is 11.6 Å². The van der Waals surface area contributed by atoms with E-state index in [0.29, 0.717) is 12.5 Å². The first-order valence-corrected chi connectivity index (χ1v) is 9.07. The predicted molar refractivity (Wildman–Crippen MR) is 94.6 cm³/mol. The lowest BCUT2D eigenvalue weighted by molar-refractivity contribution is -0.0182. The second-order valence-electron chi connectivity index (χ2n) is 6.59. The van der Waals surface area contributed by atoms with Crippen molar-refractivity contribution in [3.8, 4) is 16.9 Å². The molecule has 0 bridgehead atoms. The molecule has 1 saturated heterocycles. The highest BCUT2D eigenvalue weighted by atomic mass is 19.2. The first kappa shape index (κ1) is 18.8. The summed E-state index contributed by atoms with van der Waals surface area (Å²) < 4.78 is 53.9. The van der Waals surface area contributed by atoms with E-state index in [4.69, 9.17) is 9.47 Å². The van der Waals surface area contributed by atoms with Crippen LogP contribution < -0.4 is 4.74 Å². The zero-order valence-corrected chi connectivity index (χ0v) is 15.0. The summed E-state index contributed by atoms with van der Waals surface area (Å²) in [7, 11) is 0. The summed E-state index contributed by atoms with van der Waals surface area (Å²) in [5.74, 6) is -2.43. The minimum atomic E-state index is -1.11. The van der Waals surface area contributed by atoms with Crippen LogP contribution in [-0.4, -0.2) is 13.2 Å². The van der Waals surface area contributed by atoms with Crippen LogP contribution in [0.1, 0.15) is 44.8 Å². The lowest BCUT2D eigenvalue weighted by atomic mass is 9.92.